The van der Waals surface area contributed by atoms with Crippen LogP contribution >= 0.6 is 0 Å². The van der Waals surface area contributed by atoms with Gasteiger partial charge < -0.3 is 10.1 Å². The molecule has 0 aliphatic heterocycles. The topological polar surface area (TPSA) is 72.5 Å². The molecule has 0 unspecified atom stereocenters. The Morgan fingerprint density at radius 3 is 2.22 bits per heavy atom. The summed E-state index contributed by atoms with van der Waals surface area (Å²) >= 11 is 0. The van der Waals surface area contributed by atoms with Crippen LogP contribution in [0, 0.1) is 20.8 Å². The summed E-state index contributed by atoms with van der Waals surface area (Å²) in [5.41, 5.74) is 4.27. The van der Waals surface area contributed by atoms with Crippen molar-refractivity contribution in [2.45, 2.75) is 46.6 Å². The van der Waals surface area contributed by atoms with E-state index in [1.165, 1.54) is 6.92 Å². The van der Waals surface area contributed by atoms with Crippen LogP contribution in [0.25, 0.3) is 0 Å². The minimum absolute atomic E-state index is 0.0488. The molecule has 0 saturated carbocycles. The van der Waals surface area contributed by atoms with E-state index in [1.807, 2.05) is 51.1 Å². The first-order valence-corrected chi connectivity index (χ1v) is 8.93. The third kappa shape index (κ3) is 6.06. The van der Waals surface area contributed by atoms with Gasteiger partial charge in [-0.25, -0.2) is 0 Å². The van der Waals surface area contributed by atoms with E-state index >= 15 is 0 Å². The fourth-order valence-corrected chi connectivity index (χ4v) is 2.51. The van der Waals surface area contributed by atoms with E-state index in [-0.39, 0.29) is 18.6 Å². The van der Waals surface area contributed by atoms with Crippen molar-refractivity contribution < 1.29 is 19.1 Å². The van der Waals surface area contributed by atoms with E-state index in [2.05, 4.69) is 5.32 Å². The van der Waals surface area contributed by atoms with Crippen LogP contribution < -0.4 is 5.32 Å². The number of esters is 1. The summed E-state index contributed by atoms with van der Waals surface area (Å²) in [4.78, 5) is 36.3. The summed E-state index contributed by atoms with van der Waals surface area (Å²) in [5, 5.41) is 2.77. The molecule has 0 heterocycles. The second kappa shape index (κ2) is 9.12. The van der Waals surface area contributed by atoms with Crippen molar-refractivity contribution in [3.63, 3.8) is 0 Å². The average Bonchev–Trinajstić information content (AvgIpc) is 2.63. The fraction of sp³-hybridized carbons (Fsp3) is 0.318. The van der Waals surface area contributed by atoms with Gasteiger partial charge >= 0.3 is 5.97 Å². The van der Waals surface area contributed by atoms with Crippen molar-refractivity contribution in [2.75, 3.05) is 5.32 Å². The molecule has 0 radical (unpaired) electrons. The number of amides is 1. The molecule has 5 heteroatoms. The van der Waals surface area contributed by atoms with Crippen molar-refractivity contribution >= 4 is 23.3 Å². The zero-order chi connectivity index (χ0) is 20.0. The Hall–Kier alpha value is -2.95. The van der Waals surface area contributed by atoms with Gasteiger partial charge in [0.2, 0.25) is 0 Å². The van der Waals surface area contributed by atoms with Crippen molar-refractivity contribution in [3.8, 4) is 0 Å². The van der Waals surface area contributed by atoms with Crippen LogP contribution in [-0.2, 0) is 14.3 Å². The summed E-state index contributed by atoms with van der Waals surface area (Å²) in [6.07, 6.45) is -0.951. The number of benzene rings is 2. The number of hydrogen-bond donors (Lipinski definition) is 1. The molecule has 0 fully saturated rings. The summed E-state index contributed by atoms with van der Waals surface area (Å²) in [7, 11) is 0. The molecular weight excluding hydrogens is 342 g/mol. The normalized spacial score (nSPS) is 11.6. The molecule has 1 amide bonds. The molecule has 0 aromatic heterocycles. The maximum atomic E-state index is 12.2. The first kappa shape index (κ1) is 20.4. The van der Waals surface area contributed by atoms with E-state index in [9.17, 15) is 14.4 Å². The van der Waals surface area contributed by atoms with Gasteiger partial charge in [-0.2, -0.15) is 0 Å². The number of ether oxygens (including phenoxy) is 1. The predicted octanol–water partition coefficient (Wildman–Crippen LogP) is 4.15. The van der Waals surface area contributed by atoms with E-state index in [1.54, 1.807) is 12.1 Å². The van der Waals surface area contributed by atoms with E-state index in [4.69, 9.17) is 4.74 Å². The Kier molecular flexibility index (Phi) is 6.88. The highest BCUT2D eigenvalue weighted by atomic mass is 16.5. The van der Waals surface area contributed by atoms with Gasteiger partial charge in [-0.15, -0.1) is 0 Å². The van der Waals surface area contributed by atoms with E-state index in [0.29, 0.717) is 11.3 Å². The molecule has 0 aliphatic carbocycles. The molecule has 0 saturated heterocycles. The number of ketones is 1. The SMILES string of the molecule is Cc1ccc(C(=O)CCC(=O)O[C@H](C)C(=O)Nc2cc(C)ccc2C)cc1. The molecule has 1 N–H and O–H groups in total. The maximum absolute atomic E-state index is 12.2. The summed E-state index contributed by atoms with van der Waals surface area (Å²) in [6.45, 7) is 7.28. The van der Waals surface area contributed by atoms with E-state index in [0.717, 1.165) is 16.7 Å². The van der Waals surface area contributed by atoms with E-state index < -0.39 is 18.0 Å². The number of anilines is 1. The van der Waals surface area contributed by atoms with Gasteiger partial charge in [-0.1, -0.05) is 42.0 Å². The molecular formula is C22H25NO4. The molecule has 0 aliphatic rings. The Bertz CT molecular complexity index is 840. The predicted molar refractivity (Wildman–Crippen MR) is 105 cm³/mol. The molecule has 2 aromatic rings. The molecule has 1 atom stereocenters. The minimum Gasteiger partial charge on any atom is -0.453 e. The second-order valence-electron chi connectivity index (χ2n) is 6.73. The van der Waals surface area contributed by atoms with Gasteiger partial charge in [0.05, 0.1) is 6.42 Å². The van der Waals surface area contributed by atoms with Gasteiger partial charge in [0, 0.05) is 17.7 Å². The number of rotatable bonds is 7. The lowest BCUT2D eigenvalue weighted by Gasteiger charge is -2.15. The molecule has 5 nitrogen and oxygen atoms in total. The summed E-state index contributed by atoms with van der Waals surface area (Å²) < 4.78 is 5.16. The third-order valence-corrected chi connectivity index (χ3v) is 4.26. The molecule has 27 heavy (non-hydrogen) atoms. The maximum Gasteiger partial charge on any atom is 0.307 e. The fourth-order valence-electron chi connectivity index (χ4n) is 2.51. The van der Waals surface area contributed by atoms with Gasteiger partial charge in [-0.05, 0) is 44.9 Å². The highest BCUT2D eigenvalue weighted by molar-refractivity contribution is 5.98. The second-order valence-corrected chi connectivity index (χ2v) is 6.73. The molecule has 0 spiro atoms. The molecule has 142 valence electrons. The largest absolute Gasteiger partial charge is 0.453 e. The van der Waals surface area contributed by atoms with Crippen LogP contribution in [0.1, 0.15) is 46.8 Å². The van der Waals surface area contributed by atoms with Gasteiger partial charge in [0.15, 0.2) is 11.9 Å². The van der Waals surface area contributed by atoms with Gasteiger partial charge in [-0.3, -0.25) is 14.4 Å². The Balaban J connectivity index is 1.83. The lowest BCUT2D eigenvalue weighted by atomic mass is 10.1. The Morgan fingerprint density at radius 1 is 0.926 bits per heavy atom. The molecule has 0 bridgehead atoms. The number of carbonyl (C=O) groups excluding carboxylic acids is 3. The van der Waals surface area contributed by atoms with Crippen molar-refractivity contribution in [1.82, 2.24) is 0 Å². The van der Waals surface area contributed by atoms with Crippen LogP contribution in [0.5, 0.6) is 0 Å². The van der Waals surface area contributed by atoms with Crippen LogP contribution in [0.2, 0.25) is 0 Å². The lowest BCUT2D eigenvalue weighted by Crippen LogP contribution is -2.30. The van der Waals surface area contributed by atoms with Crippen LogP contribution in [0.15, 0.2) is 42.5 Å². The quantitative estimate of drug-likeness (QED) is 0.589. The highest BCUT2D eigenvalue weighted by Gasteiger charge is 2.19. The van der Waals surface area contributed by atoms with Gasteiger partial charge in [0.1, 0.15) is 0 Å². The zero-order valence-corrected chi connectivity index (χ0v) is 16.2. The van der Waals surface area contributed by atoms with Crippen molar-refractivity contribution in [1.29, 1.82) is 0 Å². The highest BCUT2D eigenvalue weighted by Crippen LogP contribution is 2.17. The van der Waals surface area contributed by atoms with Gasteiger partial charge in [0.25, 0.3) is 5.91 Å². The first-order valence-electron chi connectivity index (χ1n) is 8.93. The summed E-state index contributed by atoms with van der Waals surface area (Å²) in [6, 6.07) is 12.9. The number of nitrogens with one attached hydrogen (secondary N) is 1. The Morgan fingerprint density at radius 2 is 1.56 bits per heavy atom. The standard InChI is InChI=1S/C22H25NO4/c1-14-6-9-18(10-7-14)20(24)11-12-21(25)27-17(4)22(26)23-19-13-15(2)5-8-16(19)3/h5-10,13,17H,11-12H2,1-4H3,(H,23,26)/t17-/m1/s1. The van der Waals surface area contributed by atoms with Crippen molar-refractivity contribution in [2.24, 2.45) is 0 Å². The third-order valence-electron chi connectivity index (χ3n) is 4.26. The molecule has 2 aromatic carbocycles. The summed E-state index contributed by atoms with van der Waals surface area (Å²) in [5.74, 6) is -1.10. The monoisotopic (exact) mass is 367 g/mol. The minimum atomic E-state index is -0.938. The van der Waals surface area contributed by atoms with Crippen LogP contribution in [0.3, 0.4) is 0 Å². The lowest BCUT2D eigenvalue weighted by molar-refractivity contribution is -0.153. The van der Waals surface area contributed by atoms with Crippen LogP contribution in [0.4, 0.5) is 5.69 Å². The zero-order valence-electron chi connectivity index (χ0n) is 16.2. The number of carbonyl (C=O) groups is 3. The number of hydrogen-bond acceptors (Lipinski definition) is 4. The van der Waals surface area contributed by atoms with Crippen molar-refractivity contribution in [3.05, 3.63) is 64.7 Å². The number of Topliss-reactive ketones (excluding diaryl/α,β-unsaturated/α-hetero) is 1. The smallest absolute Gasteiger partial charge is 0.307 e. The average molecular weight is 367 g/mol. The first-order chi connectivity index (χ1) is 12.8. The number of aryl methyl sites for hydroxylation is 3. The Labute approximate surface area is 159 Å². The molecule has 2 rings (SSSR count). The van der Waals surface area contributed by atoms with Crippen LogP contribution in [-0.4, -0.2) is 23.8 Å².